The number of nitrogens with one attached hydrogen (secondary N) is 1. The molecule has 194 valence electrons. The van der Waals surface area contributed by atoms with Crippen LogP contribution >= 0.6 is 0 Å². The summed E-state index contributed by atoms with van der Waals surface area (Å²) >= 11 is 0. The van der Waals surface area contributed by atoms with Crippen LogP contribution in [0.2, 0.25) is 0 Å². The third-order valence-electron chi connectivity index (χ3n) is 7.85. The second kappa shape index (κ2) is 10.8. The van der Waals surface area contributed by atoms with Gasteiger partial charge in [-0.3, -0.25) is 14.1 Å². The third kappa shape index (κ3) is 5.43. The van der Waals surface area contributed by atoms with Crippen LogP contribution in [0.1, 0.15) is 83.1 Å². The second-order valence-corrected chi connectivity index (χ2v) is 11.0. The molecular formula is C29H37N7O. The fraction of sp³-hybridized carbons (Fsp3) is 0.483. The van der Waals surface area contributed by atoms with Gasteiger partial charge in [-0.2, -0.15) is 5.21 Å². The molecule has 0 aliphatic heterocycles. The Hall–Kier alpha value is -3.55. The Balaban J connectivity index is 1.48. The number of imidazole rings is 1. The maximum absolute atomic E-state index is 13.9. The van der Waals surface area contributed by atoms with Gasteiger partial charge in [-0.1, -0.05) is 64.7 Å². The number of rotatable bonds is 8. The molecule has 37 heavy (non-hydrogen) atoms. The number of aromatic nitrogens is 7. The fourth-order valence-corrected chi connectivity index (χ4v) is 5.69. The Morgan fingerprint density at radius 1 is 1.08 bits per heavy atom. The van der Waals surface area contributed by atoms with Crippen molar-refractivity contribution in [1.29, 1.82) is 0 Å². The monoisotopic (exact) mass is 499 g/mol. The number of H-pyrrole nitrogens is 1. The summed E-state index contributed by atoms with van der Waals surface area (Å²) in [6.45, 7) is 7.32. The van der Waals surface area contributed by atoms with Gasteiger partial charge in [0.25, 0.3) is 0 Å². The molecular weight excluding hydrogens is 462 g/mol. The zero-order chi connectivity index (χ0) is 25.8. The third-order valence-corrected chi connectivity index (χ3v) is 7.85. The lowest BCUT2D eigenvalue weighted by atomic mass is 9.80. The molecule has 8 heteroatoms. The van der Waals surface area contributed by atoms with E-state index < -0.39 is 0 Å². The molecule has 0 amide bonds. The topological polar surface area (TPSA) is 94.3 Å². The maximum atomic E-state index is 13.9. The predicted molar refractivity (Wildman–Crippen MR) is 145 cm³/mol. The van der Waals surface area contributed by atoms with Gasteiger partial charge in [-0.25, -0.2) is 4.79 Å². The van der Waals surface area contributed by atoms with Crippen LogP contribution in [-0.4, -0.2) is 34.7 Å². The Kier molecular flexibility index (Phi) is 7.35. The smallest absolute Gasteiger partial charge is 0.295 e. The van der Waals surface area contributed by atoms with Gasteiger partial charge in [0.2, 0.25) is 5.82 Å². The van der Waals surface area contributed by atoms with Crippen molar-refractivity contribution in [3.63, 3.8) is 0 Å². The molecule has 1 saturated carbocycles. The molecule has 1 N–H and O–H groups in total. The van der Waals surface area contributed by atoms with E-state index in [0.717, 1.165) is 60.2 Å². The number of benzene rings is 1. The van der Waals surface area contributed by atoms with E-state index in [1.54, 1.807) is 0 Å². The largest absolute Gasteiger partial charge is 0.328 e. The van der Waals surface area contributed by atoms with Crippen molar-refractivity contribution < 1.29 is 0 Å². The van der Waals surface area contributed by atoms with Crippen LogP contribution in [0.4, 0.5) is 0 Å². The summed E-state index contributed by atoms with van der Waals surface area (Å²) in [5.74, 6) is 0.561. The van der Waals surface area contributed by atoms with Gasteiger partial charge < -0.3 is 0 Å². The lowest BCUT2D eigenvalue weighted by molar-refractivity contribution is 0.195. The summed E-state index contributed by atoms with van der Waals surface area (Å²) in [5.41, 5.74) is 5.17. The van der Waals surface area contributed by atoms with Gasteiger partial charge in [0.1, 0.15) is 0 Å². The molecule has 1 aliphatic rings. The zero-order valence-electron chi connectivity index (χ0n) is 22.2. The van der Waals surface area contributed by atoms with Crippen LogP contribution in [0.25, 0.3) is 22.5 Å². The van der Waals surface area contributed by atoms with Crippen LogP contribution < -0.4 is 5.69 Å². The highest BCUT2D eigenvalue weighted by Crippen LogP contribution is 2.42. The quantitative estimate of drug-likeness (QED) is 0.309. The van der Waals surface area contributed by atoms with E-state index in [1.165, 1.54) is 19.3 Å². The molecule has 1 aliphatic carbocycles. The van der Waals surface area contributed by atoms with Crippen molar-refractivity contribution in [1.82, 2.24) is 34.7 Å². The molecule has 3 heterocycles. The van der Waals surface area contributed by atoms with Gasteiger partial charge >= 0.3 is 5.69 Å². The summed E-state index contributed by atoms with van der Waals surface area (Å²) in [5, 5.41) is 14.4. The lowest BCUT2D eigenvalue weighted by Gasteiger charge is -2.33. The first-order valence-electron chi connectivity index (χ1n) is 13.6. The number of aryl methyl sites for hydroxylation is 1. The maximum Gasteiger partial charge on any atom is 0.328 e. The summed E-state index contributed by atoms with van der Waals surface area (Å²) in [6.07, 6.45) is 12.9. The SMILES string of the molecule is CCCCc1cn(C2CCCCCC2(C)C)c(=O)n1Cc1cc(-c2cccc(-c3nn[nH]n3)c2)ccn1. The molecule has 1 atom stereocenters. The highest BCUT2D eigenvalue weighted by Gasteiger charge is 2.34. The van der Waals surface area contributed by atoms with E-state index >= 15 is 0 Å². The van der Waals surface area contributed by atoms with E-state index in [4.69, 9.17) is 0 Å². The lowest BCUT2D eigenvalue weighted by Crippen LogP contribution is -2.34. The van der Waals surface area contributed by atoms with Gasteiger partial charge in [-0.15, -0.1) is 10.2 Å². The van der Waals surface area contributed by atoms with Gasteiger partial charge in [-0.05, 0) is 65.6 Å². The molecule has 0 spiro atoms. The van der Waals surface area contributed by atoms with Crippen LogP contribution in [0, 0.1) is 5.41 Å². The number of hydrogen-bond donors (Lipinski definition) is 1. The number of hydrogen-bond acceptors (Lipinski definition) is 5. The molecule has 1 fully saturated rings. The Labute approximate surface area is 218 Å². The number of unbranched alkanes of at least 4 members (excludes halogenated alkanes) is 1. The zero-order valence-corrected chi connectivity index (χ0v) is 22.2. The molecule has 1 unspecified atom stereocenters. The van der Waals surface area contributed by atoms with Gasteiger partial charge in [0, 0.05) is 29.7 Å². The second-order valence-electron chi connectivity index (χ2n) is 11.0. The standard InChI is InChI=1S/C29H37N7O/c1-4-5-12-25-20-36(26-13-7-6-8-15-29(26,2)3)28(37)35(25)19-24-18-22(14-16-30-24)21-10-9-11-23(17-21)27-31-33-34-32-27/h9-11,14,16-18,20,26H,4-8,12-13,15,19H2,1-3H3,(H,31,32,33,34). The number of nitrogens with zero attached hydrogens (tertiary/aromatic N) is 6. The van der Waals surface area contributed by atoms with Gasteiger partial charge in [0.05, 0.1) is 12.2 Å². The summed E-state index contributed by atoms with van der Waals surface area (Å²) in [7, 11) is 0. The van der Waals surface area contributed by atoms with E-state index in [0.29, 0.717) is 12.4 Å². The average molecular weight is 500 g/mol. The minimum atomic E-state index is 0.0948. The van der Waals surface area contributed by atoms with Crippen molar-refractivity contribution in [2.45, 2.75) is 84.7 Å². The van der Waals surface area contributed by atoms with Gasteiger partial charge in [0.15, 0.2) is 0 Å². The van der Waals surface area contributed by atoms with Crippen LogP contribution in [0.3, 0.4) is 0 Å². The molecule has 0 saturated heterocycles. The van der Waals surface area contributed by atoms with E-state index in [2.05, 4.69) is 69.3 Å². The van der Waals surface area contributed by atoms with Crippen molar-refractivity contribution in [3.8, 4) is 22.5 Å². The molecule has 8 nitrogen and oxygen atoms in total. The van der Waals surface area contributed by atoms with Crippen molar-refractivity contribution in [2.75, 3.05) is 0 Å². The Morgan fingerprint density at radius 3 is 2.73 bits per heavy atom. The van der Waals surface area contributed by atoms with Crippen LogP contribution in [0.15, 0.2) is 53.6 Å². The Bertz CT molecular complexity index is 1380. The number of aromatic amines is 1. The minimum absolute atomic E-state index is 0.0948. The first kappa shape index (κ1) is 25.1. The highest BCUT2D eigenvalue weighted by molar-refractivity contribution is 5.70. The van der Waals surface area contributed by atoms with Crippen molar-refractivity contribution in [2.24, 2.45) is 5.41 Å². The van der Waals surface area contributed by atoms with E-state index in [1.807, 2.05) is 35.0 Å². The molecule has 3 aromatic heterocycles. The first-order valence-corrected chi connectivity index (χ1v) is 13.6. The van der Waals surface area contributed by atoms with Crippen LogP contribution in [-0.2, 0) is 13.0 Å². The van der Waals surface area contributed by atoms with E-state index in [-0.39, 0.29) is 17.1 Å². The molecule has 0 bridgehead atoms. The van der Waals surface area contributed by atoms with Crippen molar-refractivity contribution in [3.05, 3.63) is 70.7 Å². The number of tetrazole rings is 1. The predicted octanol–water partition coefficient (Wildman–Crippen LogP) is 5.81. The molecule has 4 aromatic rings. The summed E-state index contributed by atoms with van der Waals surface area (Å²) in [6, 6.07) is 12.4. The van der Waals surface area contributed by atoms with E-state index in [9.17, 15) is 4.79 Å². The fourth-order valence-electron chi connectivity index (χ4n) is 5.69. The highest BCUT2D eigenvalue weighted by atomic mass is 16.1. The normalized spacial score (nSPS) is 17.5. The summed E-state index contributed by atoms with van der Waals surface area (Å²) < 4.78 is 4.01. The van der Waals surface area contributed by atoms with Crippen LogP contribution in [0.5, 0.6) is 0 Å². The Morgan fingerprint density at radius 2 is 1.92 bits per heavy atom. The average Bonchev–Trinajstić information content (AvgIpc) is 3.50. The minimum Gasteiger partial charge on any atom is -0.295 e. The molecule has 0 radical (unpaired) electrons. The number of pyridine rings is 1. The van der Waals surface area contributed by atoms with Crippen molar-refractivity contribution >= 4 is 0 Å². The summed E-state index contributed by atoms with van der Waals surface area (Å²) in [4.78, 5) is 18.5. The first-order chi connectivity index (χ1) is 18.0. The molecule has 5 rings (SSSR count). The molecule has 1 aromatic carbocycles.